The van der Waals surface area contributed by atoms with Crippen molar-refractivity contribution in [2.45, 2.75) is 172 Å². The standard InChI is InChI=1S/C36H58N2O2.C6H14.C2H6/c1-22(2)8-7-9-23(3)28-11-12-29-27-10-13-32-35(5,30(27)14-16-34(28,29)4)17-15-33(40)36(32,6)21-31(39)24-18-25(37)20-26(38)19-24;1-4-5-6(2)3;1-2/h18-20,22-23,27-30,32-33,40H,7-17,21,37-38H2,1-6H3;6H,4-5H2,1-3H3;1-2H3. The maximum Gasteiger partial charge on any atom is 0.163 e. The Kier molecular flexibility index (Phi) is 14.6. The Balaban J connectivity index is 0.000000705. The van der Waals surface area contributed by atoms with Crippen molar-refractivity contribution < 1.29 is 9.90 Å². The second-order valence-electron chi connectivity index (χ2n) is 18.3. The lowest BCUT2D eigenvalue weighted by Gasteiger charge is -2.65. The molecule has 0 amide bonds. The Labute approximate surface area is 297 Å². The summed E-state index contributed by atoms with van der Waals surface area (Å²) in [6, 6.07) is 5.19. The van der Waals surface area contributed by atoms with Crippen LogP contribution in [0.5, 0.6) is 0 Å². The van der Waals surface area contributed by atoms with Crippen LogP contribution in [-0.4, -0.2) is 17.0 Å². The molecule has 1 aromatic rings. The van der Waals surface area contributed by atoms with Gasteiger partial charge in [-0.25, -0.2) is 0 Å². The van der Waals surface area contributed by atoms with E-state index in [1.165, 1.54) is 64.2 Å². The summed E-state index contributed by atoms with van der Waals surface area (Å²) < 4.78 is 0. The number of hydrogen-bond acceptors (Lipinski definition) is 4. The fourth-order valence-corrected chi connectivity index (χ4v) is 12.0. The van der Waals surface area contributed by atoms with Gasteiger partial charge in [0.15, 0.2) is 5.78 Å². The zero-order chi connectivity index (χ0) is 36.0. The van der Waals surface area contributed by atoms with E-state index < -0.39 is 11.5 Å². The Bertz CT molecular complexity index is 1140. The number of nitrogen functional groups attached to an aromatic ring is 2. The molecule has 4 aliphatic rings. The van der Waals surface area contributed by atoms with Crippen molar-refractivity contribution in [3.63, 3.8) is 0 Å². The molecule has 4 fully saturated rings. The highest BCUT2D eigenvalue weighted by Crippen LogP contribution is 2.70. The molecule has 5 rings (SSSR count). The summed E-state index contributed by atoms with van der Waals surface area (Å²) in [5, 5.41) is 11.5. The Morgan fingerprint density at radius 2 is 1.38 bits per heavy atom. The van der Waals surface area contributed by atoms with Crippen LogP contribution < -0.4 is 11.5 Å². The first-order chi connectivity index (χ1) is 22.6. The lowest BCUT2D eigenvalue weighted by Crippen LogP contribution is -2.60. The predicted molar refractivity (Wildman–Crippen MR) is 208 cm³/mol. The number of fused-ring (bicyclic) bond motifs is 5. The third-order valence-corrected chi connectivity index (χ3v) is 14.3. The van der Waals surface area contributed by atoms with Gasteiger partial charge in [0.1, 0.15) is 0 Å². The molecule has 0 aliphatic heterocycles. The third kappa shape index (κ3) is 8.66. The van der Waals surface area contributed by atoms with Crippen molar-refractivity contribution in [3.8, 4) is 0 Å². The highest BCUT2D eigenvalue weighted by molar-refractivity contribution is 5.98. The quantitative estimate of drug-likeness (QED) is 0.171. The second-order valence-corrected chi connectivity index (χ2v) is 18.3. The number of hydrogen-bond donors (Lipinski definition) is 3. The van der Waals surface area contributed by atoms with Gasteiger partial charge in [-0.2, -0.15) is 0 Å². The Hall–Kier alpha value is -1.55. The molecular weight excluding hydrogens is 588 g/mol. The Morgan fingerprint density at radius 1 is 0.792 bits per heavy atom. The van der Waals surface area contributed by atoms with Crippen LogP contribution in [0.2, 0.25) is 0 Å². The normalized spacial score (nSPS) is 36.1. The van der Waals surface area contributed by atoms with E-state index in [9.17, 15) is 9.90 Å². The van der Waals surface area contributed by atoms with Gasteiger partial charge in [-0.15, -0.1) is 0 Å². The van der Waals surface area contributed by atoms with Crippen LogP contribution in [0.25, 0.3) is 0 Å². The van der Waals surface area contributed by atoms with Crippen molar-refractivity contribution >= 4 is 17.2 Å². The van der Waals surface area contributed by atoms with E-state index in [-0.39, 0.29) is 11.2 Å². The zero-order valence-electron chi connectivity index (χ0n) is 33.3. The molecule has 1 aromatic carbocycles. The van der Waals surface area contributed by atoms with Crippen LogP contribution in [0.15, 0.2) is 18.2 Å². The highest BCUT2D eigenvalue weighted by atomic mass is 16.3. The number of aliphatic hydroxyl groups is 1. The molecule has 10 atom stereocenters. The van der Waals surface area contributed by atoms with Gasteiger partial charge in [0.05, 0.1) is 6.10 Å². The first kappa shape index (κ1) is 40.9. The number of aliphatic hydroxyl groups excluding tert-OH is 1. The lowest BCUT2D eigenvalue weighted by molar-refractivity contribution is -0.183. The van der Waals surface area contributed by atoms with E-state index in [4.69, 9.17) is 11.5 Å². The van der Waals surface area contributed by atoms with Crippen molar-refractivity contribution in [1.29, 1.82) is 0 Å². The van der Waals surface area contributed by atoms with Gasteiger partial charge in [-0.3, -0.25) is 4.79 Å². The molecule has 0 radical (unpaired) electrons. The highest BCUT2D eigenvalue weighted by Gasteiger charge is 2.64. The number of Topliss-reactive ketones (excluding diaryl/α,β-unsaturated/α-hetero) is 1. The summed E-state index contributed by atoms with van der Waals surface area (Å²) in [5.74, 6) is 6.20. The number of carbonyl (C=O) groups is 1. The van der Waals surface area contributed by atoms with Crippen molar-refractivity contribution in [2.24, 2.45) is 63.6 Å². The molecule has 276 valence electrons. The minimum Gasteiger partial charge on any atom is -0.399 e. The topological polar surface area (TPSA) is 89.3 Å². The van der Waals surface area contributed by atoms with Crippen molar-refractivity contribution in [1.82, 2.24) is 0 Å². The van der Waals surface area contributed by atoms with Gasteiger partial charge >= 0.3 is 0 Å². The summed E-state index contributed by atoms with van der Waals surface area (Å²) in [6.07, 6.45) is 16.6. The molecule has 0 bridgehead atoms. The predicted octanol–water partition coefficient (Wildman–Crippen LogP) is 12.0. The van der Waals surface area contributed by atoms with E-state index in [0.29, 0.717) is 40.6 Å². The molecule has 0 aromatic heterocycles. The molecule has 0 heterocycles. The number of nitrogens with two attached hydrogens (primary N) is 2. The summed E-state index contributed by atoms with van der Waals surface area (Å²) >= 11 is 0. The third-order valence-electron chi connectivity index (χ3n) is 14.3. The molecule has 4 aliphatic carbocycles. The fraction of sp³-hybridized carbons (Fsp3) is 0.841. The van der Waals surface area contributed by atoms with Crippen LogP contribution in [0.3, 0.4) is 0 Å². The number of rotatable bonds is 10. The van der Waals surface area contributed by atoms with Gasteiger partial charge in [-0.05, 0) is 128 Å². The lowest BCUT2D eigenvalue weighted by atomic mass is 9.40. The van der Waals surface area contributed by atoms with Crippen LogP contribution in [0.4, 0.5) is 11.4 Å². The van der Waals surface area contributed by atoms with Crippen molar-refractivity contribution in [2.75, 3.05) is 11.5 Å². The Morgan fingerprint density at radius 3 is 1.94 bits per heavy atom. The van der Waals surface area contributed by atoms with Crippen LogP contribution in [-0.2, 0) is 0 Å². The number of anilines is 2. The maximum atomic E-state index is 13.6. The maximum absolute atomic E-state index is 13.6. The molecule has 4 nitrogen and oxygen atoms in total. The molecule has 4 saturated carbocycles. The van der Waals surface area contributed by atoms with Gasteiger partial charge < -0.3 is 16.6 Å². The van der Waals surface area contributed by atoms with E-state index in [1.54, 1.807) is 18.2 Å². The summed E-state index contributed by atoms with van der Waals surface area (Å²) in [7, 11) is 0. The van der Waals surface area contributed by atoms with Crippen molar-refractivity contribution in [3.05, 3.63) is 23.8 Å². The van der Waals surface area contributed by atoms with E-state index >= 15 is 0 Å². The van der Waals surface area contributed by atoms with Crippen LogP contribution >= 0.6 is 0 Å². The van der Waals surface area contributed by atoms with Gasteiger partial charge in [-0.1, -0.05) is 108 Å². The first-order valence-corrected chi connectivity index (χ1v) is 20.4. The SMILES string of the molecule is CC.CC(C)CCCC(C)C1CCC2C3CCC4C(C)(CC(=O)c5cc(N)cc(N)c5)C(O)CCC4(C)C3CCC12C.CCCC(C)C. The molecule has 0 spiro atoms. The molecular formula is C44H78N2O2. The van der Waals surface area contributed by atoms with Gasteiger partial charge in [0.25, 0.3) is 0 Å². The van der Waals surface area contributed by atoms with Crippen LogP contribution in [0.1, 0.15) is 176 Å². The van der Waals surface area contributed by atoms with Gasteiger partial charge in [0.2, 0.25) is 0 Å². The molecule has 48 heavy (non-hydrogen) atoms. The van der Waals surface area contributed by atoms with E-state index in [2.05, 4.69) is 62.3 Å². The van der Waals surface area contributed by atoms with E-state index in [0.717, 1.165) is 54.8 Å². The smallest absolute Gasteiger partial charge is 0.163 e. The summed E-state index contributed by atoms with van der Waals surface area (Å²) in [6.45, 7) is 25.4. The molecule has 4 heteroatoms. The molecule has 10 unspecified atom stereocenters. The van der Waals surface area contributed by atoms with Gasteiger partial charge in [0, 0.05) is 28.8 Å². The first-order valence-electron chi connectivity index (χ1n) is 20.4. The summed E-state index contributed by atoms with van der Waals surface area (Å²) in [5.41, 5.74) is 13.9. The fourth-order valence-electron chi connectivity index (χ4n) is 12.0. The second kappa shape index (κ2) is 17.1. The molecule has 0 saturated heterocycles. The molecule has 5 N–H and O–H groups in total. The average Bonchev–Trinajstić information content (AvgIpc) is 3.37. The average molecular weight is 667 g/mol. The summed E-state index contributed by atoms with van der Waals surface area (Å²) in [4.78, 5) is 13.6. The number of benzene rings is 1. The van der Waals surface area contributed by atoms with Crippen LogP contribution in [0, 0.1) is 63.6 Å². The monoisotopic (exact) mass is 667 g/mol. The number of ketones is 1. The number of carbonyl (C=O) groups excluding carboxylic acids is 1. The minimum absolute atomic E-state index is 0.0632. The zero-order valence-corrected chi connectivity index (χ0v) is 33.3. The van der Waals surface area contributed by atoms with E-state index in [1.807, 2.05) is 13.8 Å². The largest absolute Gasteiger partial charge is 0.399 e. The minimum atomic E-state index is -0.444.